The lowest BCUT2D eigenvalue weighted by atomic mass is 10.2. The molecule has 1 rings (SSSR count). The third kappa shape index (κ3) is 5.52. The number of carboxylic acids is 1. The monoisotopic (exact) mass is 314 g/mol. The Morgan fingerprint density at radius 1 is 1.24 bits per heavy atom. The molecule has 0 spiro atoms. The van der Waals surface area contributed by atoms with Crippen molar-refractivity contribution in [3.8, 4) is 0 Å². The fraction of sp³-hybridized carbons (Fsp3) is 0.385. The molecular formula is C13H18N2O5S. The number of carbonyl (C=O) groups is 2. The molecule has 0 saturated heterocycles. The van der Waals surface area contributed by atoms with Crippen LogP contribution in [0.1, 0.15) is 17.5 Å². The summed E-state index contributed by atoms with van der Waals surface area (Å²) in [5.74, 6) is -1.68. The van der Waals surface area contributed by atoms with Gasteiger partial charge in [-0.3, -0.25) is 9.59 Å². The average molecular weight is 314 g/mol. The number of nitrogens with one attached hydrogen (secondary N) is 2. The largest absolute Gasteiger partial charge is 0.480 e. The third-order valence-electron chi connectivity index (χ3n) is 2.71. The number of carbonyl (C=O) groups excluding carboxylic acids is 1. The topological polar surface area (TPSA) is 113 Å². The molecule has 3 N–H and O–H groups in total. The Morgan fingerprint density at radius 2 is 1.90 bits per heavy atom. The molecule has 0 radical (unpaired) electrons. The molecule has 21 heavy (non-hydrogen) atoms. The molecule has 116 valence electrons. The van der Waals surface area contributed by atoms with Crippen LogP contribution in [0.4, 0.5) is 0 Å². The van der Waals surface area contributed by atoms with Crippen molar-refractivity contribution in [2.75, 3.05) is 13.1 Å². The highest BCUT2D eigenvalue weighted by molar-refractivity contribution is 7.89. The quantitative estimate of drug-likeness (QED) is 0.664. The number of hydrogen-bond donors (Lipinski definition) is 3. The number of rotatable bonds is 7. The van der Waals surface area contributed by atoms with Crippen molar-refractivity contribution in [1.82, 2.24) is 10.0 Å². The second kappa shape index (κ2) is 7.19. The summed E-state index contributed by atoms with van der Waals surface area (Å²) in [5, 5.41) is 10.6. The molecule has 8 heteroatoms. The highest BCUT2D eigenvalue weighted by Gasteiger charge is 2.17. The van der Waals surface area contributed by atoms with Gasteiger partial charge in [0.15, 0.2) is 0 Å². The van der Waals surface area contributed by atoms with Crippen LogP contribution in [-0.2, 0) is 19.6 Å². The van der Waals surface area contributed by atoms with Gasteiger partial charge >= 0.3 is 5.97 Å². The van der Waals surface area contributed by atoms with Gasteiger partial charge in [-0.2, -0.15) is 0 Å². The van der Waals surface area contributed by atoms with Crippen LogP contribution in [0.15, 0.2) is 23.1 Å². The smallest absolute Gasteiger partial charge is 0.322 e. The van der Waals surface area contributed by atoms with Crippen molar-refractivity contribution in [2.45, 2.75) is 25.2 Å². The molecule has 0 aromatic heterocycles. The summed E-state index contributed by atoms with van der Waals surface area (Å²) < 4.78 is 26.6. The maximum atomic E-state index is 12.1. The van der Waals surface area contributed by atoms with E-state index >= 15 is 0 Å². The van der Waals surface area contributed by atoms with Crippen molar-refractivity contribution in [1.29, 1.82) is 0 Å². The minimum absolute atomic E-state index is 0.0961. The first-order valence-corrected chi connectivity index (χ1v) is 7.76. The van der Waals surface area contributed by atoms with Gasteiger partial charge in [0.1, 0.15) is 6.54 Å². The van der Waals surface area contributed by atoms with Crippen LogP contribution in [0, 0.1) is 13.8 Å². The van der Waals surface area contributed by atoms with E-state index in [0.29, 0.717) is 5.56 Å². The molecule has 1 aromatic carbocycles. The number of carboxylic acid groups (broad SMARTS) is 1. The van der Waals surface area contributed by atoms with E-state index in [4.69, 9.17) is 5.11 Å². The van der Waals surface area contributed by atoms with Crippen LogP contribution in [0.3, 0.4) is 0 Å². The summed E-state index contributed by atoms with van der Waals surface area (Å²) >= 11 is 0. The Hall–Kier alpha value is -1.93. The van der Waals surface area contributed by atoms with E-state index in [1.165, 1.54) is 0 Å². The van der Waals surface area contributed by atoms with Crippen molar-refractivity contribution in [2.24, 2.45) is 0 Å². The maximum Gasteiger partial charge on any atom is 0.322 e. The zero-order valence-electron chi connectivity index (χ0n) is 11.8. The summed E-state index contributed by atoms with van der Waals surface area (Å²) in [7, 11) is -3.69. The lowest BCUT2D eigenvalue weighted by molar-refractivity contribution is -0.137. The first-order valence-electron chi connectivity index (χ1n) is 6.28. The Labute approximate surface area is 123 Å². The number of sulfonamides is 1. The molecular weight excluding hydrogens is 296 g/mol. The lowest BCUT2D eigenvalue weighted by Gasteiger charge is -2.10. The normalized spacial score (nSPS) is 11.1. The molecule has 0 bridgehead atoms. The summed E-state index contributed by atoms with van der Waals surface area (Å²) in [6.45, 7) is 2.90. The second-order valence-corrected chi connectivity index (χ2v) is 6.32. The van der Waals surface area contributed by atoms with Gasteiger partial charge in [-0.15, -0.1) is 0 Å². The fourth-order valence-electron chi connectivity index (χ4n) is 1.64. The Morgan fingerprint density at radius 3 is 2.52 bits per heavy atom. The van der Waals surface area contributed by atoms with Gasteiger partial charge in [-0.25, -0.2) is 13.1 Å². The highest BCUT2D eigenvalue weighted by Crippen LogP contribution is 2.16. The fourth-order valence-corrected chi connectivity index (χ4v) is 3.00. The van der Waals surface area contributed by atoms with Gasteiger partial charge in [0.05, 0.1) is 4.90 Å². The van der Waals surface area contributed by atoms with Crippen LogP contribution in [-0.4, -0.2) is 38.5 Å². The predicted octanol–water partition coefficient (Wildman–Crippen LogP) is 0.173. The Balaban J connectivity index is 2.60. The van der Waals surface area contributed by atoms with Crippen molar-refractivity contribution >= 4 is 21.9 Å². The van der Waals surface area contributed by atoms with Crippen molar-refractivity contribution in [3.63, 3.8) is 0 Å². The summed E-state index contributed by atoms with van der Waals surface area (Å²) in [6.07, 6.45) is -0.128. The summed E-state index contributed by atoms with van der Waals surface area (Å²) in [5.41, 5.74) is 1.43. The van der Waals surface area contributed by atoms with E-state index < -0.39 is 28.4 Å². The van der Waals surface area contributed by atoms with Crippen LogP contribution >= 0.6 is 0 Å². The molecule has 0 aliphatic heterocycles. The Bertz CT molecular complexity index is 640. The molecule has 7 nitrogen and oxygen atoms in total. The number of benzene rings is 1. The molecule has 0 fully saturated rings. The van der Waals surface area contributed by atoms with Gasteiger partial charge in [-0.1, -0.05) is 12.1 Å². The number of aliphatic carboxylic acids is 1. The first-order chi connectivity index (χ1) is 9.72. The lowest BCUT2D eigenvalue weighted by Crippen LogP contribution is -2.33. The number of hydrogen-bond acceptors (Lipinski definition) is 4. The molecule has 0 unspecified atom stereocenters. The molecule has 0 saturated carbocycles. The van der Waals surface area contributed by atoms with Gasteiger partial charge in [0.2, 0.25) is 15.9 Å². The van der Waals surface area contributed by atoms with Gasteiger partial charge in [0, 0.05) is 13.0 Å². The van der Waals surface area contributed by atoms with E-state index in [1.807, 2.05) is 6.07 Å². The highest BCUT2D eigenvalue weighted by atomic mass is 32.2. The number of amides is 1. The van der Waals surface area contributed by atoms with Crippen LogP contribution in [0.25, 0.3) is 0 Å². The third-order valence-corrected chi connectivity index (χ3v) is 4.32. The van der Waals surface area contributed by atoms with E-state index in [0.717, 1.165) is 5.56 Å². The second-order valence-electron chi connectivity index (χ2n) is 4.59. The Kier molecular flexibility index (Phi) is 5.86. The van der Waals surface area contributed by atoms with Crippen LogP contribution in [0.5, 0.6) is 0 Å². The minimum atomic E-state index is -3.69. The van der Waals surface area contributed by atoms with Gasteiger partial charge in [-0.05, 0) is 31.0 Å². The predicted molar refractivity (Wildman–Crippen MR) is 76.4 cm³/mol. The molecule has 1 aromatic rings. The van der Waals surface area contributed by atoms with E-state index in [1.54, 1.807) is 26.0 Å². The molecule has 0 atom stereocenters. The number of aryl methyl sites for hydroxylation is 2. The SMILES string of the molecule is Cc1ccc(C)c(S(=O)(=O)NCCC(=O)NCC(=O)O)c1. The van der Waals surface area contributed by atoms with Crippen LogP contribution < -0.4 is 10.0 Å². The van der Waals surface area contributed by atoms with Gasteiger partial charge in [0.25, 0.3) is 0 Å². The summed E-state index contributed by atoms with van der Waals surface area (Å²) in [6, 6.07) is 5.08. The van der Waals surface area contributed by atoms with Crippen LogP contribution in [0.2, 0.25) is 0 Å². The minimum Gasteiger partial charge on any atom is -0.480 e. The molecule has 1 amide bonds. The van der Waals surface area contributed by atoms with E-state index in [9.17, 15) is 18.0 Å². The van der Waals surface area contributed by atoms with Crippen molar-refractivity contribution < 1.29 is 23.1 Å². The van der Waals surface area contributed by atoms with E-state index in [-0.39, 0.29) is 17.9 Å². The van der Waals surface area contributed by atoms with Crippen molar-refractivity contribution in [3.05, 3.63) is 29.3 Å². The van der Waals surface area contributed by atoms with Gasteiger partial charge < -0.3 is 10.4 Å². The molecule has 0 aliphatic carbocycles. The average Bonchev–Trinajstić information content (AvgIpc) is 2.39. The standard InChI is InChI=1S/C13H18N2O5S/c1-9-3-4-10(2)11(7-9)21(19,20)15-6-5-12(16)14-8-13(17)18/h3-4,7,15H,5-6,8H2,1-2H3,(H,14,16)(H,17,18). The molecule has 0 aliphatic rings. The molecule has 0 heterocycles. The zero-order chi connectivity index (χ0) is 16.0. The van der Waals surface area contributed by atoms with E-state index in [2.05, 4.69) is 10.0 Å². The maximum absolute atomic E-state index is 12.1. The zero-order valence-corrected chi connectivity index (χ0v) is 12.7. The summed E-state index contributed by atoms with van der Waals surface area (Å²) in [4.78, 5) is 21.7. The first kappa shape index (κ1) is 17.1.